The molecule has 19 heteroatoms. The number of alkyl halides is 9. The van der Waals surface area contributed by atoms with Gasteiger partial charge in [-0.15, -0.1) is 0 Å². The molecule has 6 nitrogen and oxygen atoms in total. The summed E-state index contributed by atoms with van der Waals surface area (Å²) in [7, 11) is -0.667. The first-order valence-corrected chi connectivity index (χ1v) is 32.9. The number of unbranched alkanes of at least 4 members (excludes halogenated alkanes) is 8. The Morgan fingerprint density at radius 2 is 1.27 bits per heavy atom. The van der Waals surface area contributed by atoms with Crippen LogP contribution in [0.5, 0.6) is 5.75 Å². The van der Waals surface area contributed by atoms with Gasteiger partial charge in [-0.1, -0.05) is 145 Å². The van der Waals surface area contributed by atoms with E-state index in [1.807, 2.05) is 30.1 Å². The second kappa shape index (κ2) is 29.3. The highest BCUT2D eigenvalue weighted by Crippen LogP contribution is 2.62. The fraction of sp³-hybridized carbons (Fsp3) is 0.615. The first kappa shape index (κ1) is 67.5. The number of halogens is 11. The van der Waals surface area contributed by atoms with Gasteiger partial charge in [0.1, 0.15) is 24.0 Å². The fourth-order valence-corrected chi connectivity index (χ4v) is 19.1. The summed E-state index contributed by atoms with van der Waals surface area (Å²) in [5.74, 6) is 0.821. The quantitative estimate of drug-likeness (QED) is 0.0293. The maximum Gasteiger partial charge on any atom is 0.435 e. The first-order valence-electron chi connectivity index (χ1n) is 30.0. The van der Waals surface area contributed by atoms with E-state index >= 15 is 8.78 Å². The summed E-state index contributed by atoms with van der Waals surface area (Å²) in [5.41, 5.74) is -3.97. The molecule has 3 unspecified atom stereocenters. The van der Waals surface area contributed by atoms with E-state index in [1.165, 1.54) is 39.8 Å². The van der Waals surface area contributed by atoms with E-state index in [9.17, 15) is 44.3 Å². The standard InChI is InChI=1S/C65H84F11NO5SSi/c1-60(2,3)84(49-23-14-12-15-24-49,50-25-16-13-17-26-50)82-39-20-10-7-6-8-18-27-59(78)83-40-21-11-9-19-36-77(5)44-54-56(66)41-46(42-57(54)67)45-80-48-29-31-51-47(43-48)28-30-53-52(51)34-35-61(4)55(53)32-33-58(61)79-37-22-38-81-62(63(68,69)70,64(71,72)73)65(74,75)76/h12-17,23-26,29,31,41-43,52-53,55,58H,6-11,18-22,27-28,30,32-40,44-45H2,1-5H3/t52?,53?,55?,58-,61-/m0/s1. The van der Waals surface area contributed by atoms with Crippen molar-refractivity contribution in [3.8, 4) is 5.75 Å². The van der Waals surface area contributed by atoms with Crippen LogP contribution in [0.25, 0.3) is 0 Å². The van der Waals surface area contributed by atoms with Gasteiger partial charge in [-0.05, 0) is 164 Å². The van der Waals surface area contributed by atoms with Crippen LogP contribution in [0, 0.1) is 28.9 Å². The third-order valence-electron chi connectivity index (χ3n) is 18.0. The molecule has 0 saturated heterocycles. The monoisotopic (exact) mass is 1230 g/mol. The summed E-state index contributed by atoms with van der Waals surface area (Å²) in [5, 5.41) is 2.81. The molecule has 0 amide bonds. The average Bonchev–Trinajstić information content (AvgIpc) is 1.16. The highest BCUT2D eigenvalue weighted by atomic mass is 32.2. The van der Waals surface area contributed by atoms with Crippen LogP contribution in [0.15, 0.2) is 91.0 Å². The fourth-order valence-electron chi connectivity index (χ4n) is 13.7. The molecule has 5 atom stereocenters. The molecule has 84 heavy (non-hydrogen) atoms. The molecule has 2 saturated carbocycles. The molecule has 0 aliphatic heterocycles. The predicted molar refractivity (Wildman–Crippen MR) is 311 cm³/mol. The van der Waals surface area contributed by atoms with E-state index in [0.717, 1.165) is 114 Å². The highest BCUT2D eigenvalue weighted by molar-refractivity contribution is 8.13. The lowest BCUT2D eigenvalue weighted by atomic mass is 9.55. The van der Waals surface area contributed by atoms with Gasteiger partial charge in [0.05, 0.1) is 12.7 Å². The van der Waals surface area contributed by atoms with Crippen molar-refractivity contribution >= 4 is 35.6 Å². The lowest BCUT2D eigenvalue weighted by Gasteiger charge is -2.50. The Hall–Kier alpha value is -4.01. The first-order chi connectivity index (χ1) is 39.7. The van der Waals surface area contributed by atoms with Gasteiger partial charge in [-0.25, -0.2) is 8.78 Å². The number of thioether (sulfide) groups is 1. The number of nitrogens with zero attached hydrogens (tertiary/aromatic N) is 1. The van der Waals surface area contributed by atoms with Crippen LogP contribution in [0.1, 0.15) is 165 Å². The Morgan fingerprint density at radius 3 is 1.89 bits per heavy atom. The Balaban J connectivity index is 0.742. The van der Waals surface area contributed by atoms with Gasteiger partial charge in [-0.2, -0.15) is 39.5 Å². The van der Waals surface area contributed by atoms with Crippen LogP contribution >= 0.6 is 11.8 Å². The molecule has 0 spiro atoms. The highest BCUT2D eigenvalue weighted by Gasteiger charge is 2.85. The summed E-state index contributed by atoms with van der Waals surface area (Å²) in [4.78, 5) is 14.5. The van der Waals surface area contributed by atoms with E-state index in [0.29, 0.717) is 30.7 Å². The summed E-state index contributed by atoms with van der Waals surface area (Å²) >= 11 is 1.43. The molecule has 3 aliphatic rings. The molecule has 4 aromatic carbocycles. The maximum atomic E-state index is 15.4. The number of hydrogen-bond donors (Lipinski definition) is 0. The summed E-state index contributed by atoms with van der Waals surface area (Å²) in [6.45, 7) is 8.64. The van der Waals surface area contributed by atoms with Gasteiger partial charge in [0.25, 0.3) is 8.32 Å². The lowest BCUT2D eigenvalue weighted by molar-refractivity contribution is -0.457. The number of ether oxygens (including phenoxy) is 3. The van der Waals surface area contributed by atoms with E-state index in [1.54, 1.807) is 0 Å². The number of carbonyl (C=O) groups excluding carboxylic acids is 1. The number of hydrogen-bond acceptors (Lipinski definition) is 7. The van der Waals surface area contributed by atoms with Crippen LogP contribution in [0.3, 0.4) is 0 Å². The molecule has 0 aromatic heterocycles. The zero-order chi connectivity index (χ0) is 61.0. The molecule has 0 heterocycles. The molecular weight excluding hydrogens is 1140 g/mol. The van der Waals surface area contributed by atoms with Crippen LogP contribution in [0.4, 0.5) is 48.3 Å². The van der Waals surface area contributed by atoms with E-state index < -0.39 is 57.1 Å². The zero-order valence-electron chi connectivity index (χ0n) is 49.2. The molecule has 2 fully saturated rings. The lowest BCUT2D eigenvalue weighted by Crippen LogP contribution is -2.67. The predicted octanol–water partition coefficient (Wildman–Crippen LogP) is 17.2. The molecule has 0 N–H and O–H groups in total. The Labute approximate surface area is 494 Å². The topological polar surface area (TPSA) is 57.2 Å². The molecule has 0 radical (unpaired) electrons. The van der Waals surface area contributed by atoms with Crippen LogP contribution in [-0.4, -0.2) is 87.7 Å². The van der Waals surface area contributed by atoms with Gasteiger partial charge < -0.3 is 23.5 Å². The molecular formula is C65H84F11NO5SSi. The molecule has 0 bridgehead atoms. The maximum absolute atomic E-state index is 15.4. The van der Waals surface area contributed by atoms with E-state index in [-0.39, 0.29) is 64.7 Å². The van der Waals surface area contributed by atoms with Gasteiger partial charge in [0.2, 0.25) is 0 Å². The molecule has 7 rings (SSSR count). The number of carbonyl (C=O) groups is 1. The van der Waals surface area contributed by atoms with Crippen molar-refractivity contribution < 1.29 is 71.7 Å². The van der Waals surface area contributed by atoms with Crippen molar-refractivity contribution in [3.63, 3.8) is 0 Å². The zero-order valence-corrected chi connectivity index (χ0v) is 51.0. The normalized spacial score (nSPS) is 20.4. The number of rotatable bonds is 30. The summed E-state index contributed by atoms with van der Waals surface area (Å²) in [6.07, 6.45) is -6.13. The smallest absolute Gasteiger partial charge is 0.435 e. The summed E-state index contributed by atoms with van der Waals surface area (Å²) < 4.78 is 173. The SMILES string of the molecule is CN(CCCCCCSC(=O)CCCCCCCCO[Si](c1ccccc1)(c1ccccc1)C(C)(C)C)Cc1c(F)cc(COc2ccc3c(c2)CCC2C3CC[C@@]3(C)C2CC[C@@H]3OCCCOC(C(F)(F)F)(C(F)(F)F)C(F)(F)F)cc1F. The van der Waals surface area contributed by atoms with Crippen molar-refractivity contribution in [3.05, 3.63) is 125 Å². The van der Waals surface area contributed by atoms with E-state index in [4.69, 9.17) is 13.9 Å². The number of fused-ring (bicyclic) bond motifs is 5. The number of benzene rings is 4. The van der Waals surface area contributed by atoms with Crippen LogP contribution in [-0.2, 0) is 38.3 Å². The van der Waals surface area contributed by atoms with Gasteiger partial charge in [-0.3, -0.25) is 4.79 Å². The largest absolute Gasteiger partial charge is 0.489 e. The van der Waals surface area contributed by atoms with Crippen molar-refractivity contribution in [2.45, 2.75) is 198 Å². The Bertz CT molecular complexity index is 2610. The third kappa shape index (κ3) is 16.0. The van der Waals surface area contributed by atoms with Crippen LogP contribution < -0.4 is 15.1 Å². The van der Waals surface area contributed by atoms with Gasteiger partial charge in [0, 0.05) is 37.5 Å². The minimum Gasteiger partial charge on any atom is -0.489 e. The minimum atomic E-state index is -6.78. The van der Waals surface area contributed by atoms with Crippen molar-refractivity contribution in [1.82, 2.24) is 4.90 Å². The van der Waals surface area contributed by atoms with Crippen molar-refractivity contribution in [2.24, 2.45) is 17.3 Å². The average molecular weight is 1230 g/mol. The van der Waals surface area contributed by atoms with Crippen LogP contribution in [0.2, 0.25) is 5.04 Å². The van der Waals surface area contributed by atoms with Crippen molar-refractivity contribution in [2.75, 3.05) is 39.2 Å². The Morgan fingerprint density at radius 1 is 0.679 bits per heavy atom. The third-order valence-corrected chi connectivity index (χ3v) is 24.0. The molecule has 466 valence electrons. The second-order valence-electron chi connectivity index (χ2n) is 24.7. The van der Waals surface area contributed by atoms with E-state index in [2.05, 4.69) is 93.1 Å². The number of aryl methyl sites for hydroxylation is 1. The molecule has 4 aromatic rings. The Kier molecular flexibility index (Phi) is 23.6. The van der Waals surface area contributed by atoms with Gasteiger partial charge >= 0.3 is 24.1 Å². The van der Waals surface area contributed by atoms with Crippen molar-refractivity contribution in [1.29, 1.82) is 0 Å². The van der Waals surface area contributed by atoms with Gasteiger partial charge in [0.15, 0.2) is 5.12 Å². The summed E-state index contributed by atoms with van der Waals surface area (Å²) in [6, 6.07) is 30.0. The molecule has 3 aliphatic carbocycles. The minimum absolute atomic E-state index is 0.000577. The second-order valence-corrected chi connectivity index (χ2v) is 30.2.